The number of nitrogens with one attached hydrogen (secondary N) is 2. The molecule has 0 bridgehead atoms. The number of halogens is 1. The topological polar surface area (TPSA) is 61.5 Å². The zero-order valence-electron chi connectivity index (χ0n) is 9.14. The van der Waals surface area contributed by atoms with Crippen molar-refractivity contribution in [3.05, 3.63) is 27.9 Å². The average Bonchev–Trinajstić information content (AvgIpc) is 2.70. The summed E-state index contributed by atoms with van der Waals surface area (Å²) >= 11 is 0. The molecule has 86 valence electrons. The Kier molecular flexibility index (Phi) is 3.03. The highest BCUT2D eigenvalue weighted by Crippen LogP contribution is 2.14. The molecule has 0 radical (unpaired) electrons. The average molecular weight is 223 g/mol. The van der Waals surface area contributed by atoms with Crippen LogP contribution in [0.25, 0.3) is 11.0 Å². The summed E-state index contributed by atoms with van der Waals surface area (Å²) in [5, 5.41) is 0. The quantitative estimate of drug-likeness (QED) is 0.829. The van der Waals surface area contributed by atoms with E-state index in [1.807, 2.05) is 6.92 Å². The molecule has 0 aliphatic heterocycles. The molecule has 2 rings (SSSR count). The Morgan fingerprint density at radius 3 is 3.00 bits per heavy atom. The van der Waals surface area contributed by atoms with Crippen LogP contribution in [-0.2, 0) is 12.8 Å². The van der Waals surface area contributed by atoms with Crippen LogP contribution in [0.1, 0.15) is 24.7 Å². The fourth-order valence-corrected chi connectivity index (χ4v) is 1.73. The van der Waals surface area contributed by atoms with Gasteiger partial charge >= 0.3 is 0 Å². The van der Waals surface area contributed by atoms with Gasteiger partial charge in [-0.1, -0.05) is 6.92 Å². The van der Waals surface area contributed by atoms with Gasteiger partial charge in [0.05, 0.1) is 12.2 Å². The van der Waals surface area contributed by atoms with Crippen molar-refractivity contribution >= 4 is 11.0 Å². The first-order valence-corrected chi connectivity index (χ1v) is 5.41. The molecule has 5 heteroatoms. The highest BCUT2D eigenvalue weighted by Gasteiger charge is 2.09. The first-order chi connectivity index (χ1) is 7.76. The van der Waals surface area contributed by atoms with Gasteiger partial charge in [-0.25, -0.2) is 4.98 Å². The van der Waals surface area contributed by atoms with Crippen LogP contribution in [0.5, 0.6) is 0 Å². The number of aromatic nitrogens is 3. The van der Waals surface area contributed by atoms with Gasteiger partial charge in [-0.3, -0.25) is 9.18 Å². The minimum atomic E-state index is -0.351. The minimum Gasteiger partial charge on any atom is -0.355 e. The third-order valence-electron chi connectivity index (χ3n) is 2.58. The lowest BCUT2D eigenvalue weighted by Crippen LogP contribution is -2.11. The highest BCUT2D eigenvalue weighted by atomic mass is 19.1. The van der Waals surface area contributed by atoms with E-state index < -0.39 is 0 Å². The molecule has 0 atom stereocenters. The van der Waals surface area contributed by atoms with E-state index >= 15 is 0 Å². The standard InChI is InChI=1S/C11H14FN3O/c1-2-8-14-9-7(4-3-5-12)6-13-10(9)11(16)15-8/h6,13H,2-5H2,1H3,(H,14,15,16). The SMILES string of the molecule is CCc1nc2c(CCCF)c[nH]c2c(=O)[nH]1. The second-order valence-corrected chi connectivity index (χ2v) is 3.70. The maximum atomic E-state index is 12.1. The Morgan fingerprint density at radius 1 is 1.50 bits per heavy atom. The summed E-state index contributed by atoms with van der Waals surface area (Å²) in [7, 11) is 0. The number of aromatic amines is 2. The number of fused-ring (bicyclic) bond motifs is 1. The molecule has 4 nitrogen and oxygen atoms in total. The van der Waals surface area contributed by atoms with Crippen molar-refractivity contribution in [1.82, 2.24) is 15.0 Å². The lowest BCUT2D eigenvalue weighted by molar-refractivity contribution is 0.473. The summed E-state index contributed by atoms with van der Waals surface area (Å²) < 4.78 is 12.1. The molecule has 0 spiro atoms. The predicted octanol–water partition coefficient (Wildman–Crippen LogP) is 1.72. The Bertz CT molecular complexity index is 544. The Balaban J connectivity index is 2.52. The molecule has 0 aliphatic carbocycles. The number of rotatable bonds is 4. The van der Waals surface area contributed by atoms with Gasteiger partial charge < -0.3 is 9.97 Å². The Labute approximate surface area is 91.9 Å². The number of hydrogen-bond acceptors (Lipinski definition) is 2. The Morgan fingerprint density at radius 2 is 2.31 bits per heavy atom. The van der Waals surface area contributed by atoms with Gasteiger partial charge in [0.25, 0.3) is 5.56 Å². The summed E-state index contributed by atoms with van der Waals surface area (Å²) in [4.78, 5) is 21.6. The molecule has 0 saturated heterocycles. The van der Waals surface area contributed by atoms with Crippen molar-refractivity contribution in [1.29, 1.82) is 0 Å². The fourth-order valence-electron chi connectivity index (χ4n) is 1.73. The highest BCUT2D eigenvalue weighted by molar-refractivity contribution is 5.77. The molecule has 16 heavy (non-hydrogen) atoms. The van der Waals surface area contributed by atoms with Gasteiger partial charge in [0, 0.05) is 12.6 Å². The zero-order chi connectivity index (χ0) is 11.5. The summed E-state index contributed by atoms with van der Waals surface area (Å²) in [5.74, 6) is 0.665. The van der Waals surface area contributed by atoms with Crippen molar-refractivity contribution in [3.63, 3.8) is 0 Å². The number of hydrogen-bond donors (Lipinski definition) is 2. The molecular weight excluding hydrogens is 209 g/mol. The fraction of sp³-hybridized carbons (Fsp3) is 0.455. The lowest BCUT2D eigenvalue weighted by atomic mass is 10.2. The van der Waals surface area contributed by atoms with E-state index in [1.54, 1.807) is 6.20 Å². The lowest BCUT2D eigenvalue weighted by Gasteiger charge is -1.98. The third kappa shape index (κ3) is 1.85. The minimum absolute atomic E-state index is 0.159. The Hall–Kier alpha value is -1.65. The maximum Gasteiger partial charge on any atom is 0.275 e. The van der Waals surface area contributed by atoms with E-state index in [9.17, 15) is 9.18 Å². The number of nitrogens with zero attached hydrogens (tertiary/aromatic N) is 1. The molecule has 0 saturated carbocycles. The van der Waals surface area contributed by atoms with Crippen LogP contribution in [-0.4, -0.2) is 21.6 Å². The van der Waals surface area contributed by atoms with Gasteiger partial charge in [0.15, 0.2) is 0 Å². The van der Waals surface area contributed by atoms with Gasteiger partial charge in [-0.05, 0) is 18.4 Å². The molecule has 0 fully saturated rings. The number of aryl methyl sites for hydroxylation is 2. The summed E-state index contributed by atoms with van der Waals surface area (Å²) in [6, 6.07) is 0. The van der Waals surface area contributed by atoms with E-state index in [0.29, 0.717) is 36.1 Å². The molecule has 2 aromatic heterocycles. The molecule has 0 aliphatic rings. The first-order valence-electron chi connectivity index (χ1n) is 5.41. The van der Waals surface area contributed by atoms with Crippen molar-refractivity contribution in [2.24, 2.45) is 0 Å². The molecule has 0 unspecified atom stereocenters. The van der Waals surface area contributed by atoms with Crippen LogP contribution in [0.4, 0.5) is 4.39 Å². The van der Waals surface area contributed by atoms with Crippen molar-refractivity contribution in [3.8, 4) is 0 Å². The molecule has 2 heterocycles. The van der Waals surface area contributed by atoms with E-state index in [1.165, 1.54) is 0 Å². The molecule has 0 aromatic carbocycles. The first kappa shape index (κ1) is 10.9. The summed E-state index contributed by atoms with van der Waals surface area (Å²) in [5.41, 5.74) is 1.90. The smallest absolute Gasteiger partial charge is 0.275 e. The van der Waals surface area contributed by atoms with Crippen molar-refractivity contribution < 1.29 is 4.39 Å². The van der Waals surface area contributed by atoms with Gasteiger partial charge in [-0.15, -0.1) is 0 Å². The molecule has 0 amide bonds. The molecule has 2 N–H and O–H groups in total. The molecular formula is C11H14FN3O. The monoisotopic (exact) mass is 223 g/mol. The summed E-state index contributed by atoms with van der Waals surface area (Å²) in [6.45, 7) is 1.58. The van der Waals surface area contributed by atoms with E-state index in [4.69, 9.17) is 0 Å². The summed E-state index contributed by atoms with van der Waals surface area (Å²) in [6.07, 6.45) is 3.49. The predicted molar refractivity (Wildman–Crippen MR) is 60.4 cm³/mol. The second-order valence-electron chi connectivity index (χ2n) is 3.70. The molecule has 2 aromatic rings. The van der Waals surface area contributed by atoms with Crippen LogP contribution in [0.15, 0.2) is 11.0 Å². The largest absolute Gasteiger partial charge is 0.355 e. The van der Waals surface area contributed by atoms with Crippen LogP contribution >= 0.6 is 0 Å². The third-order valence-corrected chi connectivity index (χ3v) is 2.58. The number of alkyl halides is 1. The van der Waals surface area contributed by atoms with Gasteiger partial charge in [-0.2, -0.15) is 0 Å². The van der Waals surface area contributed by atoms with Crippen LogP contribution in [0.3, 0.4) is 0 Å². The van der Waals surface area contributed by atoms with Crippen molar-refractivity contribution in [2.45, 2.75) is 26.2 Å². The van der Waals surface area contributed by atoms with E-state index in [0.717, 1.165) is 5.56 Å². The van der Waals surface area contributed by atoms with Crippen LogP contribution in [0.2, 0.25) is 0 Å². The van der Waals surface area contributed by atoms with Crippen LogP contribution < -0.4 is 5.56 Å². The number of H-pyrrole nitrogens is 2. The second kappa shape index (κ2) is 4.47. The van der Waals surface area contributed by atoms with E-state index in [2.05, 4.69) is 15.0 Å². The van der Waals surface area contributed by atoms with Gasteiger partial charge in [0.2, 0.25) is 0 Å². The normalized spacial score (nSPS) is 11.1. The maximum absolute atomic E-state index is 12.1. The van der Waals surface area contributed by atoms with Crippen LogP contribution in [0, 0.1) is 0 Å². The van der Waals surface area contributed by atoms with E-state index in [-0.39, 0.29) is 12.2 Å². The van der Waals surface area contributed by atoms with Gasteiger partial charge in [0.1, 0.15) is 11.3 Å². The zero-order valence-corrected chi connectivity index (χ0v) is 9.14. The van der Waals surface area contributed by atoms with Crippen molar-refractivity contribution in [2.75, 3.05) is 6.67 Å².